The summed E-state index contributed by atoms with van der Waals surface area (Å²) in [6.45, 7) is 4.73. The summed E-state index contributed by atoms with van der Waals surface area (Å²) in [5.41, 5.74) is 18.2. The molecule has 1 heterocycles. The molecule has 1 aliphatic heterocycles. The Balaban J connectivity index is 1.06. The number of hydrogen-bond acceptors (Lipinski definition) is 3. The lowest BCUT2D eigenvalue weighted by Crippen LogP contribution is -2.21. The summed E-state index contributed by atoms with van der Waals surface area (Å²) in [5, 5.41) is 2.24. The first-order valence-corrected chi connectivity index (χ1v) is 22.1. The van der Waals surface area contributed by atoms with Gasteiger partial charge in [0.2, 0.25) is 0 Å². The summed E-state index contributed by atoms with van der Waals surface area (Å²) >= 11 is 0. The summed E-state index contributed by atoms with van der Waals surface area (Å²) in [6, 6.07) is 83.0. The minimum absolute atomic E-state index is 0.257. The summed E-state index contributed by atoms with van der Waals surface area (Å²) in [4.78, 5) is 4.75. The van der Waals surface area contributed by atoms with Gasteiger partial charge < -0.3 is 14.5 Å². The standard InChI is InChI=1S/C61H44N2O/c1-61(2)53-28-13-12-24-49(53)51-26-15-29-54(58(51)61)63(48-38-35-44(36-39-48)43-33-31-42(32-34-43)41-17-6-3-7-18-41)56-40-37-45-19-14-25-50-52-27-16-30-55(59(52)64-60(56)57(45)50)62(46-20-8-4-9-21-46)47-22-10-5-11-23-47/h3-40H,1-2H3. The average molecular weight is 821 g/mol. The van der Waals surface area contributed by atoms with Gasteiger partial charge in [0.1, 0.15) is 0 Å². The Hall–Kier alpha value is -8.14. The Kier molecular flexibility index (Phi) is 8.84. The number of para-hydroxylation sites is 3. The molecule has 10 aromatic rings. The largest absolute Gasteiger partial charge is 0.452 e. The molecule has 1 aliphatic carbocycles. The Morgan fingerprint density at radius 2 is 0.812 bits per heavy atom. The first-order chi connectivity index (χ1) is 31.5. The monoisotopic (exact) mass is 820 g/mol. The number of anilines is 6. The average Bonchev–Trinajstić information content (AvgIpc) is 3.60. The maximum atomic E-state index is 7.55. The molecule has 10 aromatic carbocycles. The third-order valence-corrected chi connectivity index (χ3v) is 13.2. The minimum Gasteiger partial charge on any atom is -0.452 e. The smallest absolute Gasteiger partial charge is 0.160 e. The van der Waals surface area contributed by atoms with E-state index in [4.69, 9.17) is 4.74 Å². The van der Waals surface area contributed by atoms with Crippen LogP contribution in [0.2, 0.25) is 0 Å². The Labute approximate surface area is 374 Å². The summed E-state index contributed by atoms with van der Waals surface area (Å²) in [6.07, 6.45) is 0. The summed E-state index contributed by atoms with van der Waals surface area (Å²) in [5.74, 6) is 1.66. The number of benzene rings is 10. The molecule has 12 rings (SSSR count). The zero-order chi connectivity index (χ0) is 42.8. The second-order valence-corrected chi connectivity index (χ2v) is 17.3. The molecule has 0 aromatic heterocycles. The van der Waals surface area contributed by atoms with Gasteiger partial charge in [-0.25, -0.2) is 0 Å². The van der Waals surface area contributed by atoms with E-state index >= 15 is 0 Å². The second-order valence-electron chi connectivity index (χ2n) is 17.3. The highest BCUT2D eigenvalue weighted by molar-refractivity contribution is 6.10. The van der Waals surface area contributed by atoms with Crippen LogP contribution in [0.3, 0.4) is 0 Å². The van der Waals surface area contributed by atoms with Crippen molar-refractivity contribution < 1.29 is 4.74 Å². The van der Waals surface area contributed by atoms with Gasteiger partial charge in [0.25, 0.3) is 0 Å². The van der Waals surface area contributed by atoms with Crippen LogP contribution in [0, 0.1) is 0 Å². The van der Waals surface area contributed by atoms with Crippen molar-refractivity contribution in [1.29, 1.82) is 0 Å². The van der Waals surface area contributed by atoms with Crippen molar-refractivity contribution in [3.8, 4) is 56.0 Å². The topological polar surface area (TPSA) is 15.7 Å². The molecule has 0 saturated carbocycles. The fraction of sp³-hybridized carbons (Fsp3) is 0.0492. The van der Waals surface area contributed by atoms with Crippen LogP contribution in [-0.4, -0.2) is 0 Å². The molecule has 0 saturated heterocycles. The summed E-state index contributed by atoms with van der Waals surface area (Å²) in [7, 11) is 0. The number of fused-ring (bicyclic) bond motifs is 5. The van der Waals surface area contributed by atoms with Crippen LogP contribution in [0.15, 0.2) is 231 Å². The molecule has 0 amide bonds. The van der Waals surface area contributed by atoms with Gasteiger partial charge in [0, 0.05) is 33.4 Å². The van der Waals surface area contributed by atoms with E-state index in [0.717, 1.165) is 73.1 Å². The molecule has 0 radical (unpaired) electrons. The molecule has 0 bridgehead atoms. The molecule has 0 unspecified atom stereocenters. The van der Waals surface area contributed by atoms with E-state index in [-0.39, 0.29) is 5.41 Å². The Bertz CT molecular complexity index is 3320. The fourth-order valence-electron chi connectivity index (χ4n) is 10.2. The van der Waals surface area contributed by atoms with Crippen LogP contribution < -0.4 is 14.5 Å². The van der Waals surface area contributed by atoms with Crippen LogP contribution in [0.1, 0.15) is 25.0 Å². The van der Waals surface area contributed by atoms with Crippen molar-refractivity contribution in [2.45, 2.75) is 19.3 Å². The van der Waals surface area contributed by atoms with Crippen LogP contribution in [-0.2, 0) is 5.41 Å². The zero-order valence-corrected chi connectivity index (χ0v) is 35.7. The molecule has 0 fully saturated rings. The number of hydrogen-bond donors (Lipinski definition) is 0. The summed E-state index contributed by atoms with van der Waals surface area (Å²) < 4.78 is 7.55. The zero-order valence-electron chi connectivity index (χ0n) is 35.7. The Morgan fingerprint density at radius 3 is 1.48 bits per heavy atom. The quantitative estimate of drug-likeness (QED) is 0.152. The lowest BCUT2D eigenvalue weighted by molar-refractivity contribution is 0.489. The van der Waals surface area contributed by atoms with Gasteiger partial charge in [0.05, 0.1) is 17.1 Å². The molecule has 64 heavy (non-hydrogen) atoms. The van der Waals surface area contributed by atoms with Gasteiger partial charge in [-0.15, -0.1) is 0 Å². The van der Waals surface area contributed by atoms with Crippen LogP contribution in [0.25, 0.3) is 55.3 Å². The van der Waals surface area contributed by atoms with Gasteiger partial charge in [-0.2, -0.15) is 0 Å². The van der Waals surface area contributed by atoms with E-state index in [1.54, 1.807) is 0 Å². The van der Waals surface area contributed by atoms with Gasteiger partial charge >= 0.3 is 0 Å². The van der Waals surface area contributed by atoms with Gasteiger partial charge in [-0.1, -0.05) is 190 Å². The molecule has 3 nitrogen and oxygen atoms in total. The molecule has 0 N–H and O–H groups in total. The number of rotatable bonds is 8. The van der Waals surface area contributed by atoms with Crippen molar-refractivity contribution in [2.75, 3.05) is 9.80 Å². The highest BCUT2D eigenvalue weighted by Gasteiger charge is 2.39. The van der Waals surface area contributed by atoms with Gasteiger partial charge in [-0.3, -0.25) is 0 Å². The predicted octanol–water partition coefficient (Wildman–Crippen LogP) is 17.2. The van der Waals surface area contributed by atoms with Gasteiger partial charge in [0.15, 0.2) is 11.5 Å². The highest BCUT2D eigenvalue weighted by Crippen LogP contribution is 2.59. The van der Waals surface area contributed by atoms with E-state index in [1.807, 2.05) is 0 Å². The second kappa shape index (κ2) is 15.0. The van der Waals surface area contributed by atoms with Crippen LogP contribution in [0.5, 0.6) is 11.5 Å². The molecule has 3 heteroatoms. The van der Waals surface area contributed by atoms with Gasteiger partial charge in [-0.05, 0) is 110 Å². The van der Waals surface area contributed by atoms with Crippen molar-refractivity contribution in [1.82, 2.24) is 0 Å². The molecule has 0 atom stereocenters. The Morgan fingerprint density at radius 1 is 0.328 bits per heavy atom. The van der Waals surface area contributed by atoms with E-state index in [0.29, 0.717) is 0 Å². The third kappa shape index (κ3) is 6.04. The number of nitrogens with zero attached hydrogens (tertiary/aromatic N) is 2. The number of ether oxygens (including phenoxy) is 1. The maximum Gasteiger partial charge on any atom is 0.160 e. The molecule has 304 valence electrons. The molecular formula is C61H44N2O. The van der Waals surface area contributed by atoms with Crippen molar-refractivity contribution in [3.05, 3.63) is 242 Å². The lowest BCUT2D eigenvalue weighted by Gasteiger charge is -2.35. The molecule has 0 spiro atoms. The SMILES string of the molecule is CC1(C)c2ccccc2-c2cccc(N(c3ccc(-c4ccc(-c5ccccc5)cc4)cc3)c3ccc4cccc5c4c3Oc3c-5cccc3N(c3ccccc3)c3ccccc3)c21. The van der Waals surface area contributed by atoms with Crippen LogP contribution in [0.4, 0.5) is 34.1 Å². The normalized spacial score (nSPS) is 12.8. The van der Waals surface area contributed by atoms with Crippen molar-refractivity contribution >= 4 is 44.9 Å². The first kappa shape index (κ1) is 37.6. The maximum absolute atomic E-state index is 7.55. The third-order valence-electron chi connectivity index (χ3n) is 13.2. The van der Waals surface area contributed by atoms with E-state index in [1.165, 1.54) is 38.9 Å². The van der Waals surface area contributed by atoms with E-state index in [2.05, 4.69) is 254 Å². The lowest BCUT2D eigenvalue weighted by atomic mass is 9.81. The highest BCUT2D eigenvalue weighted by atomic mass is 16.5. The van der Waals surface area contributed by atoms with E-state index < -0.39 is 0 Å². The fourth-order valence-corrected chi connectivity index (χ4v) is 10.2. The minimum atomic E-state index is -0.257. The van der Waals surface area contributed by atoms with Crippen LogP contribution >= 0.6 is 0 Å². The molecular weight excluding hydrogens is 777 g/mol. The predicted molar refractivity (Wildman–Crippen MR) is 267 cm³/mol. The van der Waals surface area contributed by atoms with E-state index in [9.17, 15) is 0 Å². The van der Waals surface area contributed by atoms with Crippen molar-refractivity contribution in [3.63, 3.8) is 0 Å². The molecule has 2 aliphatic rings. The first-order valence-electron chi connectivity index (χ1n) is 22.1. The van der Waals surface area contributed by atoms with Crippen molar-refractivity contribution in [2.24, 2.45) is 0 Å².